The fourth-order valence-electron chi connectivity index (χ4n) is 4.13. The van der Waals surface area contributed by atoms with Crippen LogP contribution in [0.25, 0.3) is 0 Å². The molecule has 1 amide bonds. The molecular formula is C23H30Cl2N4O. The molecule has 3 rings (SSSR count). The zero-order chi connectivity index (χ0) is 21.8. The van der Waals surface area contributed by atoms with Crippen molar-refractivity contribution in [3.8, 4) is 0 Å². The predicted octanol–water partition coefficient (Wildman–Crippen LogP) is 4.80. The predicted molar refractivity (Wildman–Crippen MR) is 122 cm³/mol. The average molecular weight is 449 g/mol. The average Bonchev–Trinajstić information content (AvgIpc) is 3.17. The molecule has 0 spiro atoms. The van der Waals surface area contributed by atoms with Crippen LogP contribution < -0.4 is 0 Å². The van der Waals surface area contributed by atoms with Crippen LogP contribution in [0.5, 0.6) is 0 Å². The Morgan fingerprint density at radius 1 is 1.13 bits per heavy atom. The number of hydrogen-bond donors (Lipinski definition) is 0. The summed E-state index contributed by atoms with van der Waals surface area (Å²) in [4.78, 5) is 26.4. The smallest absolute Gasteiger partial charge is 0.227 e. The lowest BCUT2D eigenvalue weighted by molar-refractivity contribution is -0.130. The summed E-state index contributed by atoms with van der Waals surface area (Å²) < 4.78 is 0. The van der Waals surface area contributed by atoms with Gasteiger partial charge in [0.25, 0.3) is 0 Å². The zero-order valence-electron chi connectivity index (χ0n) is 18.2. The Kier molecular flexibility index (Phi) is 7.72. The minimum atomic E-state index is 0.135. The first-order valence-electron chi connectivity index (χ1n) is 10.6. The lowest BCUT2D eigenvalue weighted by atomic mass is 10.0. The molecule has 1 aromatic carbocycles. The molecule has 162 valence electrons. The highest BCUT2D eigenvalue weighted by Crippen LogP contribution is 2.29. The van der Waals surface area contributed by atoms with E-state index in [0.29, 0.717) is 22.4 Å². The summed E-state index contributed by atoms with van der Waals surface area (Å²) in [6.07, 6.45) is 1.39. The van der Waals surface area contributed by atoms with Gasteiger partial charge in [-0.15, -0.1) is 0 Å². The first-order chi connectivity index (χ1) is 14.3. The summed E-state index contributed by atoms with van der Waals surface area (Å²) >= 11 is 12.2. The van der Waals surface area contributed by atoms with Crippen LogP contribution in [-0.2, 0) is 17.8 Å². The molecule has 1 fully saturated rings. The highest BCUT2D eigenvalue weighted by molar-refractivity contribution is 6.42. The van der Waals surface area contributed by atoms with Gasteiger partial charge in [0.1, 0.15) is 5.82 Å². The third-order valence-electron chi connectivity index (χ3n) is 5.91. The van der Waals surface area contributed by atoms with Gasteiger partial charge in [0, 0.05) is 49.0 Å². The maximum Gasteiger partial charge on any atom is 0.227 e. The summed E-state index contributed by atoms with van der Waals surface area (Å²) in [6, 6.07) is 5.80. The van der Waals surface area contributed by atoms with E-state index < -0.39 is 0 Å². The molecule has 1 aliphatic rings. The third-order valence-corrected chi connectivity index (χ3v) is 6.65. The Balaban J connectivity index is 1.68. The van der Waals surface area contributed by atoms with Gasteiger partial charge >= 0.3 is 0 Å². The van der Waals surface area contributed by atoms with Gasteiger partial charge in [0.15, 0.2) is 0 Å². The number of hydrogen-bond acceptors (Lipinski definition) is 4. The van der Waals surface area contributed by atoms with E-state index in [1.807, 2.05) is 50.8 Å². The minimum absolute atomic E-state index is 0.135. The Bertz CT molecular complexity index is 891. The number of carbonyl (C=O) groups excluding carboxylic acids is 1. The Hall–Kier alpha value is -1.69. The summed E-state index contributed by atoms with van der Waals surface area (Å²) in [5.41, 5.74) is 3.95. The van der Waals surface area contributed by atoms with Crippen LogP contribution in [0.1, 0.15) is 54.5 Å². The van der Waals surface area contributed by atoms with Gasteiger partial charge < -0.3 is 4.90 Å². The van der Waals surface area contributed by atoms with Crippen molar-refractivity contribution in [2.24, 2.45) is 0 Å². The second kappa shape index (κ2) is 10.1. The van der Waals surface area contributed by atoms with E-state index in [1.165, 1.54) is 0 Å². The standard InChI is InChI=1S/C23H30Cl2N4O/c1-5-29(6-2)22(30)12-19-15(3)26-23(27-16(19)4)18-9-10-28(14-18)13-17-7-8-20(24)21(25)11-17/h7-8,11,18H,5-6,9-10,12-14H2,1-4H3/t18-/m1/s1. The number of likely N-dealkylation sites (tertiary alicyclic amines) is 1. The molecule has 1 aromatic heterocycles. The highest BCUT2D eigenvalue weighted by Gasteiger charge is 2.27. The molecule has 1 saturated heterocycles. The molecule has 0 aliphatic carbocycles. The fourth-order valence-corrected chi connectivity index (χ4v) is 4.45. The molecule has 0 N–H and O–H groups in total. The summed E-state index contributed by atoms with van der Waals surface area (Å²) in [7, 11) is 0. The maximum absolute atomic E-state index is 12.5. The Morgan fingerprint density at radius 3 is 2.40 bits per heavy atom. The molecule has 0 saturated carbocycles. The first kappa shape index (κ1) is 23.0. The number of rotatable bonds is 7. The van der Waals surface area contributed by atoms with E-state index in [0.717, 1.165) is 67.5 Å². The molecule has 7 heteroatoms. The van der Waals surface area contributed by atoms with Gasteiger partial charge in [-0.05, 0) is 58.4 Å². The van der Waals surface area contributed by atoms with Gasteiger partial charge in [-0.3, -0.25) is 9.69 Å². The van der Waals surface area contributed by atoms with E-state index >= 15 is 0 Å². The van der Waals surface area contributed by atoms with Crippen LogP contribution in [0.2, 0.25) is 10.0 Å². The normalized spacial score (nSPS) is 16.8. The number of carbonyl (C=O) groups is 1. The topological polar surface area (TPSA) is 49.3 Å². The van der Waals surface area contributed by atoms with Gasteiger partial charge in [0.05, 0.1) is 16.5 Å². The van der Waals surface area contributed by atoms with Gasteiger partial charge in [-0.2, -0.15) is 0 Å². The number of halogens is 2. The third kappa shape index (κ3) is 5.32. The fraction of sp³-hybridized carbons (Fsp3) is 0.522. The van der Waals surface area contributed by atoms with Crippen molar-refractivity contribution < 1.29 is 4.79 Å². The molecule has 30 heavy (non-hydrogen) atoms. The molecule has 0 radical (unpaired) electrons. The Morgan fingerprint density at radius 2 is 1.80 bits per heavy atom. The van der Waals surface area contributed by atoms with Crippen molar-refractivity contribution in [2.45, 2.75) is 53.0 Å². The van der Waals surface area contributed by atoms with E-state index in [4.69, 9.17) is 33.2 Å². The van der Waals surface area contributed by atoms with E-state index in [2.05, 4.69) is 4.90 Å². The molecule has 2 aromatic rings. The lowest BCUT2D eigenvalue weighted by Crippen LogP contribution is -2.32. The summed E-state index contributed by atoms with van der Waals surface area (Å²) in [5, 5.41) is 1.17. The number of amides is 1. The second-order valence-corrected chi connectivity index (χ2v) is 8.76. The minimum Gasteiger partial charge on any atom is -0.343 e. The van der Waals surface area contributed by atoms with Crippen molar-refractivity contribution in [1.82, 2.24) is 19.8 Å². The van der Waals surface area contributed by atoms with E-state index in [-0.39, 0.29) is 5.91 Å². The summed E-state index contributed by atoms with van der Waals surface area (Å²) in [5.74, 6) is 1.33. The SMILES string of the molecule is CCN(CC)C(=O)Cc1c(C)nc([C@@H]2CCN(Cc3ccc(Cl)c(Cl)c3)C2)nc1C. The van der Waals surface area contributed by atoms with Crippen LogP contribution in [0.4, 0.5) is 0 Å². The van der Waals surface area contributed by atoms with Gasteiger partial charge in [0.2, 0.25) is 5.91 Å². The van der Waals surface area contributed by atoms with Crippen molar-refractivity contribution >= 4 is 29.1 Å². The summed E-state index contributed by atoms with van der Waals surface area (Å²) in [6.45, 7) is 12.2. The zero-order valence-corrected chi connectivity index (χ0v) is 19.7. The molecule has 5 nitrogen and oxygen atoms in total. The van der Waals surface area contributed by atoms with Crippen LogP contribution in [0.3, 0.4) is 0 Å². The van der Waals surface area contributed by atoms with E-state index in [1.54, 1.807) is 0 Å². The number of likely N-dealkylation sites (N-methyl/N-ethyl adjacent to an activating group) is 1. The second-order valence-electron chi connectivity index (χ2n) is 7.94. The number of aryl methyl sites for hydroxylation is 2. The molecular weight excluding hydrogens is 419 g/mol. The van der Waals surface area contributed by atoms with Crippen LogP contribution in [-0.4, -0.2) is 51.9 Å². The van der Waals surface area contributed by atoms with Gasteiger partial charge in [-0.1, -0.05) is 29.3 Å². The van der Waals surface area contributed by atoms with Crippen LogP contribution in [0, 0.1) is 13.8 Å². The molecule has 1 atom stereocenters. The van der Waals surface area contributed by atoms with Crippen LogP contribution in [0.15, 0.2) is 18.2 Å². The van der Waals surface area contributed by atoms with Crippen LogP contribution >= 0.6 is 23.2 Å². The number of aromatic nitrogens is 2. The molecule has 0 unspecified atom stereocenters. The van der Waals surface area contributed by atoms with E-state index in [9.17, 15) is 4.79 Å². The Labute approximate surface area is 189 Å². The lowest BCUT2D eigenvalue weighted by Gasteiger charge is -2.20. The molecule has 2 heterocycles. The quantitative estimate of drug-likeness (QED) is 0.609. The van der Waals surface area contributed by atoms with Gasteiger partial charge in [-0.25, -0.2) is 9.97 Å². The molecule has 1 aliphatic heterocycles. The first-order valence-corrected chi connectivity index (χ1v) is 11.4. The van der Waals surface area contributed by atoms with Crippen molar-refractivity contribution in [3.05, 3.63) is 56.6 Å². The number of benzene rings is 1. The van der Waals surface area contributed by atoms with Crippen molar-refractivity contribution in [2.75, 3.05) is 26.2 Å². The monoisotopic (exact) mass is 448 g/mol. The highest BCUT2D eigenvalue weighted by atomic mass is 35.5. The number of nitrogens with zero attached hydrogens (tertiary/aromatic N) is 4. The maximum atomic E-state index is 12.5. The molecule has 0 bridgehead atoms. The van der Waals surface area contributed by atoms with Crippen molar-refractivity contribution in [1.29, 1.82) is 0 Å². The largest absolute Gasteiger partial charge is 0.343 e. The van der Waals surface area contributed by atoms with Crippen molar-refractivity contribution in [3.63, 3.8) is 0 Å².